The molecule has 1 N–H and O–H groups in total. The van der Waals surface area contributed by atoms with E-state index in [1.54, 1.807) is 29.2 Å². The molecule has 0 radical (unpaired) electrons. The fourth-order valence-corrected chi connectivity index (χ4v) is 3.53. The number of carbonyl (C=O) groups excluding carboxylic acids is 1. The van der Waals surface area contributed by atoms with Gasteiger partial charge in [0.25, 0.3) is 5.91 Å². The number of nitrogens with zero attached hydrogens (tertiary/aromatic N) is 1. The lowest BCUT2D eigenvalue weighted by Gasteiger charge is -2.23. The topological polar surface area (TPSA) is 57.6 Å². The van der Waals surface area contributed by atoms with E-state index in [0.29, 0.717) is 17.0 Å². The Kier molecular flexibility index (Phi) is 2.97. The summed E-state index contributed by atoms with van der Waals surface area (Å²) in [5.74, 6) is -1.31. The standard InChI is InChI=1S/C14H14ClNO3/c15-9-3-1-2-8(6-9)13(17)16-10-4-5-12(16)11(7-10)14(18)19/h1-3,6,10-12H,4-5,7H2,(H,18,19). The highest BCUT2D eigenvalue weighted by Crippen LogP contribution is 2.42. The number of benzene rings is 1. The fraction of sp³-hybridized carbons (Fsp3) is 0.429. The number of fused-ring (bicyclic) bond motifs is 2. The number of hydrogen-bond acceptors (Lipinski definition) is 2. The molecule has 0 aromatic heterocycles. The maximum Gasteiger partial charge on any atom is 0.308 e. The Labute approximate surface area is 116 Å². The maximum atomic E-state index is 12.5. The van der Waals surface area contributed by atoms with Gasteiger partial charge in [0.1, 0.15) is 0 Å². The third-order valence-corrected chi connectivity index (χ3v) is 4.40. The Hall–Kier alpha value is -1.55. The highest BCUT2D eigenvalue weighted by molar-refractivity contribution is 6.30. The molecule has 0 aliphatic carbocycles. The van der Waals surface area contributed by atoms with Gasteiger partial charge in [0.05, 0.1) is 5.92 Å². The molecule has 2 fully saturated rings. The van der Waals surface area contributed by atoms with Gasteiger partial charge in [0.15, 0.2) is 0 Å². The van der Waals surface area contributed by atoms with E-state index in [4.69, 9.17) is 11.6 Å². The molecule has 2 saturated heterocycles. The fourth-order valence-electron chi connectivity index (χ4n) is 3.34. The molecule has 0 spiro atoms. The highest BCUT2D eigenvalue weighted by Gasteiger charge is 2.51. The van der Waals surface area contributed by atoms with Gasteiger partial charge in [-0.3, -0.25) is 9.59 Å². The van der Waals surface area contributed by atoms with Crippen molar-refractivity contribution in [2.75, 3.05) is 0 Å². The van der Waals surface area contributed by atoms with E-state index in [2.05, 4.69) is 0 Å². The molecule has 1 aromatic carbocycles. The lowest BCUT2D eigenvalue weighted by Crippen LogP contribution is -2.37. The van der Waals surface area contributed by atoms with Crippen LogP contribution < -0.4 is 0 Å². The lowest BCUT2D eigenvalue weighted by atomic mass is 9.89. The van der Waals surface area contributed by atoms with Crippen molar-refractivity contribution in [3.8, 4) is 0 Å². The van der Waals surface area contributed by atoms with E-state index in [1.165, 1.54) is 0 Å². The minimum absolute atomic E-state index is 0.0672. The Balaban J connectivity index is 1.87. The Bertz CT molecular complexity index is 545. The molecule has 19 heavy (non-hydrogen) atoms. The van der Waals surface area contributed by atoms with Gasteiger partial charge in [-0.2, -0.15) is 0 Å². The Morgan fingerprint density at radius 2 is 2.11 bits per heavy atom. The van der Waals surface area contributed by atoms with Crippen molar-refractivity contribution in [2.24, 2.45) is 5.92 Å². The van der Waals surface area contributed by atoms with Crippen LogP contribution in [0.2, 0.25) is 5.02 Å². The third-order valence-electron chi connectivity index (χ3n) is 4.16. The van der Waals surface area contributed by atoms with Crippen LogP contribution in [0.5, 0.6) is 0 Å². The van der Waals surface area contributed by atoms with Gasteiger partial charge in [0, 0.05) is 22.7 Å². The zero-order valence-corrected chi connectivity index (χ0v) is 11.0. The van der Waals surface area contributed by atoms with Crippen LogP contribution in [0.15, 0.2) is 24.3 Å². The van der Waals surface area contributed by atoms with Crippen LogP contribution in [0.4, 0.5) is 0 Å². The largest absolute Gasteiger partial charge is 0.481 e. The second kappa shape index (κ2) is 4.53. The first kappa shape index (κ1) is 12.5. The normalized spacial score (nSPS) is 28.7. The molecular formula is C14H14ClNO3. The Morgan fingerprint density at radius 3 is 2.74 bits per heavy atom. The van der Waals surface area contributed by atoms with Gasteiger partial charge in [-0.05, 0) is 37.5 Å². The van der Waals surface area contributed by atoms with Crippen molar-refractivity contribution in [3.63, 3.8) is 0 Å². The summed E-state index contributed by atoms with van der Waals surface area (Å²) in [4.78, 5) is 25.4. The summed E-state index contributed by atoms with van der Waals surface area (Å²) in [6.45, 7) is 0. The first-order chi connectivity index (χ1) is 9.08. The number of amides is 1. The minimum atomic E-state index is -0.795. The van der Waals surface area contributed by atoms with Crippen LogP contribution in [-0.4, -0.2) is 34.0 Å². The summed E-state index contributed by atoms with van der Waals surface area (Å²) >= 11 is 5.90. The van der Waals surface area contributed by atoms with Gasteiger partial charge in [-0.15, -0.1) is 0 Å². The van der Waals surface area contributed by atoms with Gasteiger partial charge < -0.3 is 10.0 Å². The summed E-state index contributed by atoms with van der Waals surface area (Å²) < 4.78 is 0. The summed E-state index contributed by atoms with van der Waals surface area (Å²) in [5, 5.41) is 9.71. The molecule has 0 saturated carbocycles. The van der Waals surface area contributed by atoms with Gasteiger partial charge in [0.2, 0.25) is 0 Å². The molecule has 2 aliphatic rings. The highest BCUT2D eigenvalue weighted by atomic mass is 35.5. The molecule has 3 atom stereocenters. The number of carboxylic acids is 1. The van der Waals surface area contributed by atoms with Crippen molar-refractivity contribution in [1.29, 1.82) is 0 Å². The van der Waals surface area contributed by atoms with Gasteiger partial charge in [-0.25, -0.2) is 0 Å². The molecule has 1 amide bonds. The van der Waals surface area contributed by atoms with E-state index in [-0.39, 0.29) is 18.0 Å². The maximum absolute atomic E-state index is 12.5. The first-order valence-electron chi connectivity index (χ1n) is 6.39. The summed E-state index contributed by atoms with van der Waals surface area (Å²) in [5.41, 5.74) is 0.537. The Morgan fingerprint density at radius 1 is 1.32 bits per heavy atom. The van der Waals surface area contributed by atoms with Crippen molar-refractivity contribution in [3.05, 3.63) is 34.9 Å². The smallest absolute Gasteiger partial charge is 0.308 e. The average Bonchev–Trinajstić information content (AvgIpc) is 2.95. The minimum Gasteiger partial charge on any atom is -0.481 e. The van der Waals surface area contributed by atoms with Crippen molar-refractivity contribution in [2.45, 2.75) is 31.3 Å². The predicted molar refractivity (Wildman–Crippen MR) is 70.2 cm³/mol. The number of carbonyl (C=O) groups is 2. The van der Waals surface area contributed by atoms with Crippen LogP contribution in [0.1, 0.15) is 29.6 Å². The van der Waals surface area contributed by atoms with Crippen molar-refractivity contribution in [1.82, 2.24) is 4.90 Å². The van der Waals surface area contributed by atoms with E-state index in [1.807, 2.05) is 0 Å². The molecule has 4 nitrogen and oxygen atoms in total. The number of aliphatic carboxylic acids is 1. The van der Waals surface area contributed by atoms with Crippen LogP contribution in [0.25, 0.3) is 0 Å². The average molecular weight is 280 g/mol. The zero-order chi connectivity index (χ0) is 13.6. The number of halogens is 1. The molecule has 5 heteroatoms. The number of rotatable bonds is 2. The molecule has 100 valence electrons. The van der Waals surface area contributed by atoms with Crippen molar-refractivity contribution >= 4 is 23.5 Å². The van der Waals surface area contributed by atoms with Crippen LogP contribution in [-0.2, 0) is 4.79 Å². The molecule has 3 rings (SSSR count). The second-order valence-corrected chi connectivity index (χ2v) is 5.64. The molecular weight excluding hydrogens is 266 g/mol. The summed E-state index contributed by atoms with van der Waals surface area (Å²) in [6.07, 6.45) is 2.26. The van der Waals surface area contributed by atoms with Crippen LogP contribution in [0.3, 0.4) is 0 Å². The molecule has 2 bridgehead atoms. The van der Waals surface area contributed by atoms with E-state index < -0.39 is 11.9 Å². The summed E-state index contributed by atoms with van der Waals surface area (Å²) in [6, 6.07) is 6.73. The van der Waals surface area contributed by atoms with Gasteiger partial charge >= 0.3 is 5.97 Å². The third kappa shape index (κ3) is 2.00. The predicted octanol–water partition coefficient (Wildman–Crippen LogP) is 2.42. The SMILES string of the molecule is O=C(O)C1CC2CCC1N2C(=O)c1cccc(Cl)c1. The number of carboxylic acid groups (broad SMARTS) is 1. The monoisotopic (exact) mass is 279 g/mol. The van der Waals surface area contributed by atoms with Gasteiger partial charge in [-0.1, -0.05) is 17.7 Å². The van der Waals surface area contributed by atoms with E-state index in [9.17, 15) is 14.7 Å². The van der Waals surface area contributed by atoms with Crippen LogP contribution >= 0.6 is 11.6 Å². The molecule has 2 heterocycles. The lowest BCUT2D eigenvalue weighted by molar-refractivity contribution is -0.142. The van der Waals surface area contributed by atoms with Crippen molar-refractivity contribution < 1.29 is 14.7 Å². The first-order valence-corrected chi connectivity index (χ1v) is 6.77. The molecule has 2 aliphatic heterocycles. The van der Waals surface area contributed by atoms with E-state index in [0.717, 1.165) is 12.8 Å². The quantitative estimate of drug-likeness (QED) is 0.904. The molecule has 3 unspecified atom stereocenters. The second-order valence-electron chi connectivity index (χ2n) is 5.20. The number of hydrogen-bond donors (Lipinski definition) is 1. The summed E-state index contributed by atoms with van der Waals surface area (Å²) in [7, 11) is 0. The van der Waals surface area contributed by atoms with Crippen LogP contribution in [0, 0.1) is 5.92 Å². The molecule has 1 aromatic rings. The van der Waals surface area contributed by atoms with E-state index >= 15 is 0 Å². The zero-order valence-electron chi connectivity index (χ0n) is 10.3.